The smallest absolute Gasteiger partial charge is 0.144 e. The van der Waals surface area contributed by atoms with Gasteiger partial charge in [0.05, 0.1) is 10.2 Å². The second-order valence-electron chi connectivity index (χ2n) is 4.88. The van der Waals surface area contributed by atoms with Crippen LogP contribution in [0.1, 0.15) is 32.3 Å². The van der Waals surface area contributed by atoms with Crippen molar-refractivity contribution in [2.24, 2.45) is 5.41 Å². The molecule has 1 aromatic rings. The van der Waals surface area contributed by atoms with E-state index in [9.17, 15) is 0 Å². The fourth-order valence-electron chi connectivity index (χ4n) is 1.34. The minimum absolute atomic E-state index is 0.214. The Bertz CT molecular complexity index is 356. The van der Waals surface area contributed by atoms with E-state index in [-0.39, 0.29) is 5.41 Å². The van der Waals surface area contributed by atoms with Gasteiger partial charge in [0.25, 0.3) is 0 Å². The number of rotatable bonds is 2. The summed E-state index contributed by atoms with van der Waals surface area (Å²) in [5.74, 6) is 1.76. The molecule has 0 spiro atoms. The van der Waals surface area contributed by atoms with Gasteiger partial charge in [-0.05, 0) is 28.3 Å². The van der Waals surface area contributed by atoms with E-state index < -0.39 is 0 Å². The standard InChI is InChI=1S/C11H18BrN3/c1-7-9(12)10(13-5)15-8(14-7)6-11(2,3)4/h6H2,1-5H3,(H,13,14,15). The molecular formula is C11H18BrN3. The third-order valence-electron chi connectivity index (χ3n) is 1.99. The molecule has 0 saturated heterocycles. The van der Waals surface area contributed by atoms with Gasteiger partial charge in [-0.25, -0.2) is 9.97 Å². The predicted molar refractivity (Wildman–Crippen MR) is 67.2 cm³/mol. The van der Waals surface area contributed by atoms with Gasteiger partial charge in [-0.1, -0.05) is 20.8 Å². The molecule has 84 valence electrons. The molecule has 4 heteroatoms. The van der Waals surface area contributed by atoms with E-state index in [1.54, 1.807) is 0 Å². The van der Waals surface area contributed by atoms with Crippen LogP contribution in [-0.2, 0) is 6.42 Å². The zero-order chi connectivity index (χ0) is 11.6. The van der Waals surface area contributed by atoms with Crippen molar-refractivity contribution in [1.29, 1.82) is 0 Å². The number of aromatic nitrogens is 2. The first-order chi connectivity index (χ1) is 6.83. The third-order valence-corrected chi connectivity index (χ3v) is 2.94. The van der Waals surface area contributed by atoms with Gasteiger partial charge in [0.1, 0.15) is 11.6 Å². The second kappa shape index (κ2) is 4.47. The van der Waals surface area contributed by atoms with Crippen molar-refractivity contribution in [3.05, 3.63) is 16.0 Å². The van der Waals surface area contributed by atoms with Crippen molar-refractivity contribution in [3.63, 3.8) is 0 Å². The van der Waals surface area contributed by atoms with Crippen LogP contribution < -0.4 is 5.32 Å². The zero-order valence-corrected chi connectivity index (χ0v) is 11.6. The third kappa shape index (κ3) is 3.45. The normalized spacial score (nSPS) is 11.6. The first-order valence-electron chi connectivity index (χ1n) is 5.04. The Labute approximate surface area is 99.8 Å². The van der Waals surface area contributed by atoms with Crippen LogP contribution in [0.3, 0.4) is 0 Å². The van der Waals surface area contributed by atoms with Gasteiger partial charge in [-0.3, -0.25) is 0 Å². The van der Waals surface area contributed by atoms with E-state index >= 15 is 0 Å². The van der Waals surface area contributed by atoms with Crippen molar-refractivity contribution in [2.75, 3.05) is 12.4 Å². The van der Waals surface area contributed by atoms with Crippen molar-refractivity contribution in [1.82, 2.24) is 9.97 Å². The van der Waals surface area contributed by atoms with Gasteiger partial charge in [-0.2, -0.15) is 0 Å². The van der Waals surface area contributed by atoms with Gasteiger partial charge in [0, 0.05) is 13.5 Å². The number of anilines is 1. The zero-order valence-electron chi connectivity index (χ0n) is 9.98. The topological polar surface area (TPSA) is 37.8 Å². The Morgan fingerprint density at radius 2 is 1.87 bits per heavy atom. The van der Waals surface area contributed by atoms with E-state index in [1.165, 1.54) is 0 Å². The largest absolute Gasteiger partial charge is 0.372 e. The van der Waals surface area contributed by atoms with Crippen molar-refractivity contribution < 1.29 is 0 Å². The molecular weight excluding hydrogens is 254 g/mol. The summed E-state index contributed by atoms with van der Waals surface area (Å²) in [7, 11) is 1.87. The first-order valence-corrected chi connectivity index (χ1v) is 5.83. The van der Waals surface area contributed by atoms with E-state index in [0.717, 1.165) is 28.2 Å². The van der Waals surface area contributed by atoms with Gasteiger partial charge in [0.2, 0.25) is 0 Å². The molecule has 0 bridgehead atoms. The molecule has 0 aliphatic carbocycles. The average Bonchev–Trinajstić information content (AvgIpc) is 2.08. The lowest BCUT2D eigenvalue weighted by Gasteiger charge is -2.18. The maximum atomic E-state index is 4.47. The summed E-state index contributed by atoms with van der Waals surface area (Å²) in [5, 5.41) is 3.06. The molecule has 1 N–H and O–H groups in total. The van der Waals surface area contributed by atoms with E-state index in [0.29, 0.717) is 0 Å². The second-order valence-corrected chi connectivity index (χ2v) is 5.67. The van der Waals surface area contributed by atoms with Crippen LogP contribution in [0.25, 0.3) is 0 Å². The summed E-state index contributed by atoms with van der Waals surface area (Å²) < 4.78 is 0.947. The molecule has 1 rings (SSSR count). The van der Waals surface area contributed by atoms with Gasteiger partial charge in [0.15, 0.2) is 0 Å². The van der Waals surface area contributed by atoms with E-state index in [2.05, 4.69) is 52.0 Å². The average molecular weight is 272 g/mol. The van der Waals surface area contributed by atoms with Crippen molar-refractivity contribution in [2.45, 2.75) is 34.1 Å². The molecule has 15 heavy (non-hydrogen) atoms. The molecule has 0 aliphatic rings. The lowest BCUT2D eigenvalue weighted by molar-refractivity contribution is 0.400. The number of aryl methyl sites for hydroxylation is 1. The molecule has 1 aromatic heterocycles. The molecule has 0 radical (unpaired) electrons. The highest BCUT2D eigenvalue weighted by atomic mass is 79.9. The lowest BCUT2D eigenvalue weighted by Crippen LogP contribution is -2.13. The van der Waals surface area contributed by atoms with Crippen molar-refractivity contribution in [3.8, 4) is 0 Å². The maximum Gasteiger partial charge on any atom is 0.144 e. The number of hydrogen-bond donors (Lipinski definition) is 1. The summed E-state index contributed by atoms with van der Waals surface area (Å²) in [4.78, 5) is 8.94. The number of halogens is 1. The van der Waals surface area contributed by atoms with Crippen LogP contribution in [-0.4, -0.2) is 17.0 Å². The van der Waals surface area contributed by atoms with Crippen LogP contribution in [0.2, 0.25) is 0 Å². The lowest BCUT2D eigenvalue weighted by atomic mass is 9.92. The summed E-state index contributed by atoms with van der Waals surface area (Å²) in [6.45, 7) is 8.55. The molecule has 0 aliphatic heterocycles. The Kier molecular flexibility index (Phi) is 3.71. The van der Waals surface area contributed by atoms with Crippen LogP contribution in [0.5, 0.6) is 0 Å². The van der Waals surface area contributed by atoms with Crippen LogP contribution in [0.4, 0.5) is 5.82 Å². The number of nitrogens with zero attached hydrogens (tertiary/aromatic N) is 2. The van der Waals surface area contributed by atoms with Gasteiger partial charge >= 0.3 is 0 Å². The SMILES string of the molecule is CNc1nc(CC(C)(C)C)nc(C)c1Br. The van der Waals surface area contributed by atoms with E-state index in [4.69, 9.17) is 0 Å². The first kappa shape index (κ1) is 12.4. The fraction of sp³-hybridized carbons (Fsp3) is 0.636. The Morgan fingerprint density at radius 3 is 2.33 bits per heavy atom. The molecule has 3 nitrogen and oxygen atoms in total. The summed E-state index contributed by atoms with van der Waals surface area (Å²) in [6, 6.07) is 0. The maximum absolute atomic E-state index is 4.47. The predicted octanol–water partition coefficient (Wildman–Crippen LogP) is 3.18. The summed E-state index contributed by atoms with van der Waals surface area (Å²) in [5.41, 5.74) is 1.19. The molecule has 0 amide bonds. The highest BCUT2D eigenvalue weighted by Crippen LogP contribution is 2.25. The summed E-state index contributed by atoms with van der Waals surface area (Å²) in [6.07, 6.45) is 0.885. The highest BCUT2D eigenvalue weighted by Gasteiger charge is 2.15. The minimum atomic E-state index is 0.214. The molecule has 0 unspecified atom stereocenters. The quantitative estimate of drug-likeness (QED) is 0.898. The van der Waals surface area contributed by atoms with Crippen LogP contribution in [0, 0.1) is 12.3 Å². The summed E-state index contributed by atoms with van der Waals surface area (Å²) >= 11 is 3.47. The van der Waals surface area contributed by atoms with Gasteiger partial charge in [-0.15, -0.1) is 0 Å². The monoisotopic (exact) mass is 271 g/mol. The van der Waals surface area contributed by atoms with Crippen LogP contribution in [0.15, 0.2) is 4.47 Å². The molecule has 0 aromatic carbocycles. The Balaban J connectivity index is 3.06. The molecule has 0 saturated carbocycles. The van der Waals surface area contributed by atoms with Crippen molar-refractivity contribution >= 4 is 21.7 Å². The molecule has 1 heterocycles. The number of hydrogen-bond acceptors (Lipinski definition) is 3. The Hall–Kier alpha value is -0.640. The highest BCUT2D eigenvalue weighted by molar-refractivity contribution is 9.10. The minimum Gasteiger partial charge on any atom is -0.372 e. The fourth-order valence-corrected chi connectivity index (χ4v) is 1.71. The molecule has 0 fully saturated rings. The molecule has 0 atom stereocenters. The van der Waals surface area contributed by atoms with Gasteiger partial charge < -0.3 is 5.32 Å². The van der Waals surface area contributed by atoms with E-state index in [1.807, 2.05) is 14.0 Å². The Morgan fingerprint density at radius 1 is 1.27 bits per heavy atom. The van der Waals surface area contributed by atoms with Crippen LogP contribution >= 0.6 is 15.9 Å². The number of nitrogens with one attached hydrogen (secondary N) is 1.